The van der Waals surface area contributed by atoms with Gasteiger partial charge < -0.3 is 19.7 Å². The quantitative estimate of drug-likeness (QED) is 0.442. The minimum absolute atomic E-state index is 0.00906. The van der Waals surface area contributed by atoms with Gasteiger partial charge in [0.05, 0.1) is 17.0 Å². The van der Waals surface area contributed by atoms with Crippen molar-refractivity contribution in [2.45, 2.75) is 65.4 Å². The van der Waals surface area contributed by atoms with Gasteiger partial charge in [-0.05, 0) is 57.7 Å². The molecule has 4 rings (SSSR count). The van der Waals surface area contributed by atoms with Crippen LogP contribution < -0.4 is 10.1 Å². The molecule has 188 valence electrons. The number of aromatic nitrogens is 3. The maximum atomic E-state index is 15.9. The molecule has 2 N–H and O–H groups in total. The molecule has 2 aromatic heterocycles. The molecule has 1 unspecified atom stereocenters. The van der Waals surface area contributed by atoms with E-state index in [1.807, 2.05) is 24.3 Å². The fraction of sp³-hybridized carbons (Fsp3) is 0.519. The third-order valence-corrected chi connectivity index (χ3v) is 6.82. The maximum Gasteiger partial charge on any atom is 0.171 e. The van der Waals surface area contributed by atoms with Gasteiger partial charge in [0.2, 0.25) is 0 Å². The van der Waals surface area contributed by atoms with Crippen LogP contribution in [0.15, 0.2) is 28.8 Å². The lowest BCUT2D eigenvalue weighted by Gasteiger charge is -2.33. The predicted octanol–water partition coefficient (Wildman–Crippen LogP) is 5.03. The van der Waals surface area contributed by atoms with Crippen molar-refractivity contribution in [3.8, 4) is 28.4 Å². The van der Waals surface area contributed by atoms with Gasteiger partial charge in [-0.1, -0.05) is 43.5 Å². The van der Waals surface area contributed by atoms with Crippen LogP contribution in [0.25, 0.3) is 22.6 Å². The molecule has 3 aromatic rings. The lowest BCUT2D eigenvalue weighted by molar-refractivity contribution is 0.108. The molecule has 0 aliphatic heterocycles. The third-order valence-electron chi connectivity index (χ3n) is 6.82. The van der Waals surface area contributed by atoms with Gasteiger partial charge in [0.1, 0.15) is 29.9 Å². The van der Waals surface area contributed by atoms with E-state index in [0.717, 1.165) is 25.7 Å². The predicted molar refractivity (Wildman–Crippen MR) is 133 cm³/mol. The molecule has 1 saturated carbocycles. The van der Waals surface area contributed by atoms with E-state index < -0.39 is 11.9 Å². The fourth-order valence-electron chi connectivity index (χ4n) is 4.92. The van der Waals surface area contributed by atoms with E-state index in [9.17, 15) is 5.11 Å². The monoisotopic (exact) mass is 482 g/mol. The van der Waals surface area contributed by atoms with Gasteiger partial charge >= 0.3 is 0 Å². The van der Waals surface area contributed by atoms with Crippen molar-refractivity contribution in [3.05, 3.63) is 47.2 Å². The Balaban J connectivity index is 1.74. The highest BCUT2D eigenvalue weighted by Gasteiger charge is 2.31. The zero-order valence-electron chi connectivity index (χ0n) is 21.0. The summed E-state index contributed by atoms with van der Waals surface area (Å²) < 4.78 is 27.0. The number of aryl methyl sites for hydroxylation is 2. The summed E-state index contributed by atoms with van der Waals surface area (Å²) in [4.78, 5) is 9.37. The Kier molecular flexibility index (Phi) is 7.82. The molecule has 0 radical (unpaired) electrons. The number of halogens is 1. The molecule has 0 saturated heterocycles. The van der Waals surface area contributed by atoms with Crippen molar-refractivity contribution >= 4 is 0 Å². The van der Waals surface area contributed by atoms with Crippen molar-refractivity contribution < 1.29 is 18.8 Å². The molecule has 0 spiro atoms. The van der Waals surface area contributed by atoms with Crippen molar-refractivity contribution in [3.63, 3.8) is 0 Å². The molecule has 8 heteroatoms. The Morgan fingerprint density at radius 3 is 2.66 bits per heavy atom. The van der Waals surface area contributed by atoms with Gasteiger partial charge in [-0.25, -0.2) is 14.4 Å². The molecule has 1 aliphatic carbocycles. The summed E-state index contributed by atoms with van der Waals surface area (Å²) in [5.41, 5.74) is 2.53. The summed E-state index contributed by atoms with van der Waals surface area (Å²) >= 11 is 0. The maximum absolute atomic E-state index is 15.9. The second-order valence-corrected chi connectivity index (χ2v) is 9.95. The smallest absolute Gasteiger partial charge is 0.171 e. The molecular formula is C27H35FN4O3. The van der Waals surface area contributed by atoms with Crippen LogP contribution in [0.1, 0.15) is 56.2 Å². The van der Waals surface area contributed by atoms with E-state index >= 15 is 4.39 Å². The first-order chi connectivity index (χ1) is 16.8. The average molecular weight is 483 g/mol. The third kappa shape index (κ3) is 5.87. The van der Waals surface area contributed by atoms with E-state index in [1.54, 1.807) is 20.9 Å². The summed E-state index contributed by atoms with van der Waals surface area (Å²) in [6.45, 7) is 6.38. The lowest BCUT2D eigenvalue weighted by Crippen LogP contribution is -2.29. The molecule has 0 bridgehead atoms. The lowest BCUT2D eigenvalue weighted by atomic mass is 9.72. The molecule has 35 heavy (non-hydrogen) atoms. The van der Waals surface area contributed by atoms with Crippen LogP contribution >= 0.6 is 0 Å². The summed E-state index contributed by atoms with van der Waals surface area (Å²) in [5, 5.41) is 16.9. The molecular weight excluding hydrogens is 447 g/mol. The number of benzene rings is 1. The Hall–Kier alpha value is -2.84. The van der Waals surface area contributed by atoms with Gasteiger partial charge in [0.15, 0.2) is 11.6 Å². The Bertz CT molecular complexity index is 1140. The largest absolute Gasteiger partial charge is 0.491 e. The number of rotatable bonds is 9. The topological polar surface area (TPSA) is 93.3 Å². The highest BCUT2D eigenvalue weighted by atomic mass is 19.1. The molecule has 7 nitrogen and oxygen atoms in total. The number of nitrogens with one attached hydrogen (secondary N) is 1. The summed E-state index contributed by atoms with van der Waals surface area (Å²) in [7, 11) is 1.78. The highest BCUT2D eigenvalue weighted by molar-refractivity contribution is 5.68. The van der Waals surface area contributed by atoms with E-state index in [-0.39, 0.29) is 17.7 Å². The normalized spacial score (nSPS) is 16.3. The van der Waals surface area contributed by atoms with Crippen molar-refractivity contribution in [1.29, 1.82) is 0 Å². The Morgan fingerprint density at radius 1 is 1.20 bits per heavy atom. The number of ether oxygens (including phenoxy) is 1. The summed E-state index contributed by atoms with van der Waals surface area (Å²) in [6, 6.07) is 7.37. The standard InChI is InChI=1S/C27H35FN4O3/c1-17-23(18(2)35-32-17)25-24(28)22(14-27(3)11-6-5-7-12-27)30-26(31-25)19-9-8-10-21(13-19)34-16-20(33)15-29-4/h8-10,13,20,29,33H,5-7,11-12,14-16H2,1-4H3. The van der Waals surface area contributed by atoms with Gasteiger partial charge in [-0.2, -0.15) is 0 Å². The van der Waals surface area contributed by atoms with Crippen LogP contribution in [0.4, 0.5) is 4.39 Å². The fourth-order valence-corrected chi connectivity index (χ4v) is 4.92. The minimum Gasteiger partial charge on any atom is -0.491 e. The second-order valence-electron chi connectivity index (χ2n) is 9.95. The SMILES string of the molecule is CNCC(O)COc1cccc(-c2nc(CC3(C)CCCCC3)c(F)c(-c3c(C)noc3C)n2)c1. The molecule has 2 heterocycles. The van der Waals surface area contributed by atoms with E-state index in [0.29, 0.717) is 52.8 Å². The van der Waals surface area contributed by atoms with E-state index in [2.05, 4.69) is 22.4 Å². The van der Waals surface area contributed by atoms with Gasteiger partial charge in [0.25, 0.3) is 0 Å². The van der Waals surface area contributed by atoms with Crippen molar-refractivity contribution in [1.82, 2.24) is 20.4 Å². The number of hydrogen-bond acceptors (Lipinski definition) is 7. The van der Waals surface area contributed by atoms with Crippen LogP contribution in [-0.2, 0) is 6.42 Å². The van der Waals surface area contributed by atoms with Crippen LogP contribution in [-0.4, -0.2) is 46.5 Å². The van der Waals surface area contributed by atoms with Crippen LogP contribution in [0.3, 0.4) is 0 Å². The number of hydrogen-bond donors (Lipinski definition) is 2. The zero-order chi connectivity index (χ0) is 25.0. The molecule has 1 fully saturated rings. The van der Waals surface area contributed by atoms with Crippen LogP contribution in [0, 0.1) is 25.1 Å². The zero-order valence-corrected chi connectivity index (χ0v) is 21.0. The van der Waals surface area contributed by atoms with Gasteiger partial charge in [-0.15, -0.1) is 0 Å². The van der Waals surface area contributed by atoms with E-state index in [1.165, 1.54) is 6.42 Å². The first-order valence-corrected chi connectivity index (χ1v) is 12.4. The Morgan fingerprint density at radius 2 is 1.97 bits per heavy atom. The van der Waals surface area contributed by atoms with Crippen molar-refractivity contribution in [2.75, 3.05) is 20.2 Å². The van der Waals surface area contributed by atoms with Crippen LogP contribution in [0.5, 0.6) is 5.75 Å². The molecule has 1 aliphatic rings. The number of likely N-dealkylation sites (N-methyl/N-ethyl adjacent to an activating group) is 1. The van der Waals surface area contributed by atoms with Gasteiger partial charge in [0, 0.05) is 12.1 Å². The molecule has 1 atom stereocenters. The summed E-state index contributed by atoms with van der Waals surface area (Å²) in [6.07, 6.45) is 5.59. The van der Waals surface area contributed by atoms with Gasteiger partial charge in [-0.3, -0.25) is 0 Å². The number of aliphatic hydroxyl groups excluding tert-OH is 1. The average Bonchev–Trinajstić information content (AvgIpc) is 3.17. The minimum atomic E-state index is -0.625. The number of aliphatic hydroxyl groups is 1. The van der Waals surface area contributed by atoms with Crippen molar-refractivity contribution in [2.24, 2.45) is 5.41 Å². The molecule has 1 aromatic carbocycles. The Labute approximate surface area is 206 Å². The first-order valence-electron chi connectivity index (χ1n) is 12.4. The number of nitrogens with zero attached hydrogens (tertiary/aromatic N) is 3. The molecule has 0 amide bonds. The summed E-state index contributed by atoms with van der Waals surface area (Å²) in [5.74, 6) is 1.14. The first kappa shape index (κ1) is 25.3. The van der Waals surface area contributed by atoms with Crippen LogP contribution in [0.2, 0.25) is 0 Å². The van der Waals surface area contributed by atoms with E-state index in [4.69, 9.17) is 14.2 Å². The second kappa shape index (κ2) is 10.8. The highest BCUT2D eigenvalue weighted by Crippen LogP contribution is 2.40.